The fourth-order valence-corrected chi connectivity index (χ4v) is 6.64. The molecule has 0 aromatic carbocycles. The lowest BCUT2D eigenvalue weighted by atomic mass is 10.0. The average Bonchev–Trinajstić information content (AvgIpc) is 3.36. The van der Waals surface area contributed by atoms with Crippen molar-refractivity contribution in [2.75, 3.05) is 11.5 Å². The van der Waals surface area contributed by atoms with Crippen molar-refractivity contribution in [3.8, 4) is 0 Å². The number of aryl methyl sites for hydroxylation is 1. The molecule has 4 heterocycles. The van der Waals surface area contributed by atoms with Crippen LogP contribution < -0.4 is 5.32 Å². The van der Waals surface area contributed by atoms with Crippen LogP contribution in [-0.4, -0.2) is 70.7 Å². The van der Waals surface area contributed by atoms with Crippen molar-refractivity contribution in [1.82, 2.24) is 30.2 Å². The number of aromatic nitrogens is 4. The van der Waals surface area contributed by atoms with E-state index in [0.29, 0.717) is 22.1 Å². The second kappa shape index (κ2) is 8.81. The number of aliphatic carboxylic acids is 1. The topological polar surface area (TPSA) is 130 Å². The number of rotatable bonds is 7. The molecule has 14 heteroatoms. The molecule has 4 rings (SSSR count). The minimum atomic E-state index is -1.16. The van der Waals surface area contributed by atoms with Gasteiger partial charge in [-0.25, -0.2) is 4.79 Å². The number of carbonyl (C=O) groups is 3. The number of carboxylic acids is 1. The number of nitrogens with one attached hydrogen (secondary N) is 1. The first-order chi connectivity index (χ1) is 14.8. The van der Waals surface area contributed by atoms with E-state index >= 15 is 0 Å². The van der Waals surface area contributed by atoms with Gasteiger partial charge in [-0.15, -0.1) is 22.0 Å². The third kappa shape index (κ3) is 4.31. The number of fused-ring (bicyclic) bond motifs is 1. The molecule has 2 aliphatic heterocycles. The van der Waals surface area contributed by atoms with Crippen LogP contribution in [0.5, 0.6) is 0 Å². The summed E-state index contributed by atoms with van der Waals surface area (Å²) < 4.78 is 2.15. The van der Waals surface area contributed by atoms with E-state index in [4.69, 9.17) is 11.6 Å². The van der Waals surface area contributed by atoms with Crippen LogP contribution in [0.2, 0.25) is 5.02 Å². The third-order valence-electron chi connectivity index (χ3n) is 4.77. The van der Waals surface area contributed by atoms with E-state index in [1.807, 2.05) is 6.92 Å². The molecule has 0 aliphatic carbocycles. The fourth-order valence-electron chi connectivity index (χ4n) is 3.20. The number of carboxylic acid groups (broad SMARTS) is 1. The number of nitrogens with zero attached hydrogens (tertiary/aromatic N) is 5. The monoisotopic (exact) mass is 500 g/mol. The van der Waals surface area contributed by atoms with Crippen molar-refractivity contribution < 1.29 is 19.5 Å². The smallest absolute Gasteiger partial charge is 0.352 e. The zero-order chi connectivity index (χ0) is 22.3. The van der Waals surface area contributed by atoms with E-state index in [1.54, 1.807) is 6.92 Å². The Balaban J connectivity index is 1.45. The molecular weight excluding hydrogens is 484 g/mol. The van der Waals surface area contributed by atoms with Gasteiger partial charge in [0.1, 0.15) is 28.2 Å². The first kappa shape index (κ1) is 22.1. The highest BCUT2D eigenvalue weighted by Crippen LogP contribution is 2.41. The molecule has 0 radical (unpaired) electrons. The van der Waals surface area contributed by atoms with Gasteiger partial charge in [0.25, 0.3) is 5.91 Å². The minimum absolute atomic E-state index is 0.0140. The highest BCUT2D eigenvalue weighted by atomic mass is 35.5. The lowest BCUT2D eigenvalue weighted by molar-refractivity contribution is -0.151. The number of β-lactam (4-membered cyclic amide) rings is 1. The number of amides is 2. The number of hydrogen-bond donors (Lipinski definition) is 2. The Labute approximate surface area is 194 Å². The van der Waals surface area contributed by atoms with E-state index in [9.17, 15) is 19.5 Å². The molecule has 164 valence electrons. The van der Waals surface area contributed by atoms with Crippen LogP contribution in [0.3, 0.4) is 0 Å². The molecule has 0 spiro atoms. The average molecular weight is 501 g/mol. The van der Waals surface area contributed by atoms with Gasteiger partial charge < -0.3 is 10.4 Å². The molecule has 0 bridgehead atoms. The maximum absolute atomic E-state index is 12.8. The van der Waals surface area contributed by atoms with Gasteiger partial charge in [0.15, 0.2) is 4.34 Å². The first-order valence-corrected chi connectivity index (χ1v) is 12.3. The molecule has 3 atom stereocenters. The molecule has 10 nitrogen and oxygen atoms in total. The summed E-state index contributed by atoms with van der Waals surface area (Å²) in [7, 11) is 0. The van der Waals surface area contributed by atoms with E-state index in [-0.39, 0.29) is 5.70 Å². The summed E-state index contributed by atoms with van der Waals surface area (Å²) in [6, 6.07) is -1.46. The highest BCUT2D eigenvalue weighted by molar-refractivity contribution is 8.01. The Morgan fingerprint density at radius 2 is 2.23 bits per heavy atom. The lowest BCUT2D eigenvalue weighted by Crippen LogP contribution is -2.71. The van der Waals surface area contributed by atoms with Crippen molar-refractivity contribution in [3.63, 3.8) is 0 Å². The van der Waals surface area contributed by atoms with Crippen molar-refractivity contribution in [1.29, 1.82) is 0 Å². The van der Waals surface area contributed by atoms with Gasteiger partial charge in [0.05, 0.1) is 11.2 Å². The second-order valence-corrected chi connectivity index (χ2v) is 10.8. The number of thioether (sulfide) groups is 2. The SMILES string of the molecule is Cc1nnc(SCC2=C(C(=O)O)N3C(=O)[C@H](NC(=O)[C@H](C)n4cc(Cl)cn4)[C@H]3SC2)s1. The van der Waals surface area contributed by atoms with Crippen LogP contribution in [0.25, 0.3) is 0 Å². The summed E-state index contributed by atoms with van der Waals surface area (Å²) in [6.07, 6.45) is 2.94. The van der Waals surface area contributed by atoms with Gasteiger partial charge in [-0.1, -0.05) is 34.7 Å². The van der Waals surface area contributed by atoms with Crippen molar-refractivity contribution in [2.45, 2.75) is 35.6 Å². The maximum Gasteiger partial charge on any atom is 0.352 e. The zero-order valence-electron chi connectivity index (χ0n) is 16.3. The summed E-state index contributed by atoms with van der Waals surface area (Å²) in [5.41, 5.74) is 0.629. The lowest BCUT2D eigenvalue weighted by Gasteiger charge is -2.49. The quantitative estimate of drug-likeness (QED) is 0.431. The van der Waals surface area contributed by atoms with Crippen LogP contribution >= 0.6 is 46.5 Å². The van der Waals surface area contributed by atoms with Crippen molar-refractivity contribution in [2.24, 2.45) is 0 Å². The Hall–Kier alpha value is -2.09. The molecule has 2 aromatic heterocycles. The summed E-state index contributed by atoms with van der Waals surface area (Å²) in [5.74, 6) is -1.16. The molecule has 31 heavy (non-hydrogen) atoms. The van der Waals surface area contributed by atoms with E-state index in [2.05, 4.69) is 20.6 Å². The zero-order valence-corrected chi connectivity index (χ0v) is 19.5. The van der Waals surface area contributed by atoms with E-state index < -0.39 is 35.2 Å². The highest BCUT2D eigenvalue weighted by Gasteiger charge is 2.54. The summed E-state index contributed by atoms with van der Waals surface area (Å²) in [4.78, 5) is 38.5. The molecule has 2 amide bonds. The van der Waals surface area contributed by atoms with Gasteiger partial charge >= 0.3 is 5.97 Å². The molecule has 2 aromatic rings. The van der Waals surface area contributed by atoms with Gasteiger partial charge in [-0.2, -0.15) is 5.10 Å². The van der Waals surface area contributed by atoms with Gasteiger partial charge in [-0.3, -0.25) is 19.2 Å². The Morgan fingerprint density at radius 1 is 1.45 bits per heavy atom. The van der Waals surface area contributed by atoms with Gasteiger partial charge in [0.2, 0.25) is 5.91 Å². The van der Waals surface area contributed by atoms with Crippen LogP contribution in [0.4, 0.5) is 0 Å². The Morgan fingerprint density at radius 3 is 2.84 bits per heavy atom. The van der Waals surface area contributed by atoms with E-state index in [1.165, 1.54) is 56.8 Å². The third-order valence-corrected chi connectivity index (χ3v) is 8.36. The minimum Gasteiger partial charge on any atom is -0.477 e. The van der Waals surface area contributed by atoms with Crippen molar-refractivity contribution in [3.05, 3.63) is 33.7 Å². The fraction of sp³-hybridized carbons (Fsp3) is 0.412. The largest absolute Gasteiger partial charge is 0.477 e. The van der Waals surface area contributed by atoms with Crippen LogP contribution in [0.15, 0.2) is 28.0 Å². The standard InChI is InChI=1S/C17H17ClN6O4S3/c1-7(23-4-10(18)3-19-23)13(25)20-11-14(26)24-12(16(27)28)9(5-29-15(11)24)6-30-17-22-21-8(2)31-17/h3-4,7,11,15H,5-6H2,1-2H3,(H,20,25)(H,27,28)/t7-,11-,15+/m0/s1. The van der Waals surface area contributed by atoms with Crippen molar-refractivity contribution >= 4 is 64.2 Å². The molecule has 1 saturated heterocycles. The summed E-state index contributed by atoms with van der Waals surface area (Å²) in [6.45, 7) is 3.49. The molecular formula is C17H17ClN6O4S3. The molecule has 0 unspecified atom stereocenters. The van der Waals surface area contributed by atoms with Gasteiger partial charge in [-0.05, 0) is 19.4 Å². The predicted octanol–water partition coefficient (Wildman–Crippen LogP) is 1.79. The van der Waals surface area contributed by atoms with Crippen LogP contribution in [-0.2, 0) is 14.4 Å². The number of carbonyl (C=O) groups excluding carboxylic acids is 2. The summed E-state index contributed by atoms with van der Waals surface area (Å²) in [5, 5.41) is 25.2. The van der Waals surface area contributed by atoms with Crippen LogP contribution in [0, 0.1) is 6.92 Å². The maximum atomic E-state index is 12.8. The summed E-state index contributed by atoms with van der Waals surface area (Å²) >= 11 is 10.1. The normalized spacial score (nSPS) is 21.5. The van der Waals surface area contributed by atoms with E-state index in [0.717, 1.165) is 9.35 Å². The Kier molecular flexibility index (Phi) is 6.28. The number of halogens is 1. The first-order valence-electron chi connectivity index (χ1n) is 9.09. The van der Waals surface area contributed by atoms with Gasteiger partial charge in [0, 0.05) is 17.7 Å². The molecule has 2 N–H and O–H groups in total. The molecule has 0 saturated carbocycles. The molecule has 2 aliphatic rings. The predicted molar refractivity (Wildman–Crippen MR) is 117 cm³/mol. The number of hydrogen-bond acceptors (Lipinski definition) is 9. The molecule has 1 fully saturated rings. The second-order valence-electron chi connectivity index (χ2n) is 6.84. The Bertz CT molecular complexity index is 1090. The van der Waals surface area contributed by atoms with Crippen LogP contribution in [0.1, 0.15) is 18.0 Å².